The third-order valence-electron chi connectivity index (χ3n) is 4.97. The van der Waals surface area contributed by atoms with E-state index < -0.39 is 0 Å². The number of ketones is 1. The maximum Gasteiger partial charge on any atom is 0.267 e. The highest BCUT2D eigenvalue weighted by Gasteiger charge is 2.31. The van der Waals surface area contributed by atoms with Gasteiger partial charge in [0.05, 0.1) is 62.9 Å². The van der Waals surface area contributed by atoms with Gasteiger partial charge in [-0.1, -0.05) is 0 Å². The summed E-state index contributed by atoms with van der Waals surface area (Å²) in [6, 6.07) is 8.34. The molecule has 10 nitrogen and oxygen atoms in total. The molecule has 0 spiro atoms. The molecule has 0 atom stereocenters. The van der Waals surface area contributed by atoms with Crippen molar-refractivity contribution in [3.8, 4) is 11.4 Å². The van der Waals surface area contributed by atoms with Crippen LogP contribution in [0.5, 0.6) is 5.75 Å². The Hall–Kier alpha value is -3.18. The van der Waals surface area contributed by atoms with E-state index in [-0.39, 0.29) is 22.8 Å². The minimum absolute atomic E-state index is 0.0609. The number of rotatable bonds is 13. The molecule has 0 N–H and O–H groups in total. The number of aromatic nitrogens is 3. The van der Waals surface area contributed by atoms with Crippen LogP contribution in [-0.4, -0.2) is 80.3 Å². The first kappa shape index (κ1) is 23.0. The highest BCUT2D eigenvalue weighted by molar-refractivity contribution is 6.13. The van der Waals surface area contributed by atoms with Crippen molar-refractivity contribution in [2.75, 3.05) is 60.0 Å². The Bertz CT molecular complexity index is 1180. The van der Waals surface area contributed by atoms with E-state index >= 15 is 0 Å². The van der Waals surface area contributed by atoms with Crippen LogP contribution in [0, 0.1) is 0 Å². The molecular weight excluding hydrogens is 430 g/mol. The first-order chi connectivity index (χ1) is 16.2. The minimum atomic E-state index is -0.334. The molecule has 1 aliphatic rings. The third kappa shape index (κ3) is 5.25. The van der Waals surface area contributed by atoms with Crippen molar-refractivity contribution in [2.24, 2.45) is 0 Å². The number of hydrogen-bond acceptors (Lipinski definition) is 9. The molecule has 0 amide bonds. The second kappa shape index (κ2) is 11.1. The van der Waals surface area contributed by atoms with Gasteiger partial charge in [-0.05, 0) is 30.3 Å². The number of pyridine rings is 1. The largest absolute Gasteiger partial charge is 0.491 e. The molecule has 174 valence electrons. The number of hydrogen-bond donors (Lipinski definition) is 0. The van der Waals surface area contributed by atoms with Crippen molar-refractivity contribution in [3.05, 3.63) is 58.3 Å². The number of nitrogens with zero attached hydrogens (tertiary/aromatic N) is 3. The molecule has 0 fully saturated rings. The van der Waals surface area contributed by atoms with Gasteiger partial charge < -0.3 is 23.7 Å². The molecule has 0 bridgehead atoms. The zero-order chi connectivity index (χ0) is 23.0. The van der Waals surface area contributed by atoms with Crippen LogP contribution >= 0.6 is 0 Å². The maximum atomic E-state index is 12.9. The van der Waals surface area contributed by atoms with Gasteiger partial charge in [-0.25, -0.2) is 9.97 Å². The Morgan fingerprint density at radius 2 is 1.58 bits per heavy atom. The number of carbonyl (C=O) groups is 1. The number of benzene rings is 1. The predicted octanol–water partition coefficient (Wildman–Crippen LogP) is 1.40. The van der Waals surface area contributed by atoms with Crippen LogP contribution in [0.15, 0.2) is 41.3 Å². The number of ether oxygens (including phenoxy) is 5. The Labute approximate surface area is 190 Å². The number of carbonyl (C=O) groups excluding carboxylic acids is 1. The topological polar surface area (TPSA) is 111 Å². The van der Waals surface area contributed by atoms with Crippen LogP contribution in [0.3, 0.4) is 0 Å². The normalized spacial score (nSPS) is 12.2. The molecule has 0 saturated heterocycles. The lowest BCUT2D eigenvalue weighted by Crippen LogP contribution is -2.21. The fourth-order valence-corrected chi connectivity index (χ4v) is 3.40. The van der Waals surface area contributed by atoms with Crippen LogP contribution < -0.4 is 10.3 Å². The van der Waals surface area contributed by atoms with Gasteiger partial charge in [-0.3, -0.25) is 14.2 Å². The smallest absolute Gasteiger partial charge is 0.267 e. The standard InChI is InChI=1S/C23H25N3O7/c1-29-7-8-30-9-10-31-11-12-32-13-14-33-16-4-5-19-18(15-16)20(27)22-25-21-17(3-2-6-24-21)23(28)26(19)22/h2-6,15H,7-14H2,1H3. The van der Waals surface area contributed by atoms with Crippen molar-refractivity contribution in [1.82, 2.24) is 14.5 Å². The van der Waals surface area contributed by atoms with E-state index in [0.29, 0.717) is 75.2 Å². The van der Waals surface area contributed by atoms with Gasteiger partial charge in [-0.15, -0.1) is 0 Å². The molecule has 3 heterocycles. The van der Waals surface area contributed by atoms with Crippen LogP contribution in [0.1, 0.15) is 16.2 Å². The van der Waals surface area contributed by atoms with Crippen LogP contribution in [0.2, 0.25) is 0 Å². The van der Waals surface area contributed by atoms with Gasteiger partial charge in [0, 0.05) is 13.3 Å². The molecule has 1 aromatic carbocycles. The molecule has 10 heteroatoms. The average Bonchev–Trinajstić information content (AvgIpc) is 3.11. The van der Waals surface area contributed by atoms with E-state index in [1.165, 1.54) is 10.8 Å². The summed E-state index contributed by atoms with van der Waals surface area (Å²) in [6.45, 7) is 3.72. The summed E-state index contributed by atoms with van der Waals surface area (Å²) in [5.74, 6) is 0.240. The summed E-state index contributed by atoms with van der Waals surface area (Å²) in [7, 11) is 1.63. The molecule has 1 aliphatic heterocycles. The molecule has 2 aromatic heterocycles. The van der Waals surface area contributed by atoms with Crippen molar-refractivity contribution >= 4 is 16.8 Å². The highest BCUT2D eigenvalue weighted by Crippen LogP contribution is 2.29. The summed E-state index contributed by atoms with van der Waals surface area (Å²) in [5.41, 5.74) is 0.798. The van der Waals surface area contributed by atoms with Gasteiger partial charge in [0.2, 0.25) is 5.78 Å². The van der Waals surface area contributed by atoms with Crippen molar-refractivity contribution in [3.63, 3.8) is 0 Å². The minimum Gasteiger partial charge on any atom is -0.491 e. The maximum absolute atomic E-state index is 12.9. The van der Waals surface area contributed by atoms with Gasteiger partial charge >= 0.3 is 0 Å². The molecule has 0 saturated carbocycles. The van der Waals surface area contributed by atoms with Gasteiger partial charge in [0.1, 0.15) is 12.4 Å². The monoisotopic (exact) mass is 455 g/mol. The lowest BCUT2D eigenvalue weighted by Gasteiger charge is -2.09. The van der Waals surface area contributed by atoms with Crippen molar-refractivity contribution in [2.45, 2.75) is 0 Å². The van der Waals surface area contributed by atoms with Gasteiger partial charge in [0.15, 0.2) is 11.5 Å². The van der Waals surface area contributed by atoms with E-state index in [9.17, 15) is 9.59 Å². The fraction of sp³-hybridized carbons (Fsp3) is 0.391. The van der Waals surface area contributed by atoms with Crippen LogP contribution in [0.25, 0.3) is 16.7 Å². The first-order valence-electron chi connectivity index (χ1n) is 10.6. The molecule has 0 radical (unpaired) electrons. The Morgan fingerprint density at radius 1 is 0.879 bits per heavy atom. The lowest BCUT2D eigenvalue weighted by atomic mass is 10.1. The molecule has 3 aromatic rings. The molecule has 4 rings (SSSR count). The Kier molecular flexibility index (Phi) is 7.74. The zero-order valence-corrected chi connectivity index (χ0v) is 18.3. The quantitative estimate of drug-likeness (QED) is 0.276. The second-order valence-corrected chi connectivity index (χ2v) is 7.14. The van der Waals surface area contributed by atoms with E-state index in [1.807, 2.05) is 0 Å². The highest BCUT2D eigenvalue weighted by atomic mass is 16.6. The lowest BCUT2D eigenvalue weighted by molar-refractivity contribution is 0.000163. The molecular formula is C23H25N3O7. The second-order valence-electron chi connectivity index (χ2n) is 7.14. The predicted molar refractivity (Wildman–Crippen MR) is 118 cm³/mol. The van der Waals surface area contributed by atoms with Gasteiger partial charge in [-0.2, -0.15) is 0 Å². The zero-order valence-electron chi connectivity index (χ0n) is 18.3. The third-order valence-corrected chi connectivity index (χ3v) is 4.97. The van der Waals surface area contributed by atoms with E-state index in [0.717, 1.165) is 0 Å². The van der Waals surface area contributed by atoms with E-state index in [1.54, 1.807) is 37.4 Å². The van der Waals surface area contributed by atoms with E-state index in [2.05, 4.69) is 9.97 Å². The fourth-order valence-electron chi connectivity index (χ4n) is 3.40. The number of methoxy groups -OCH3 is 1. The summed E-state index contributed by atoms with van der Waals surface area (Å²) < 4.78 is 28.1. The number of fused-ring (bicyclic) bond motifs is 4. The Balaban J connectivity index is 1.25. The van der Waals surface area contributed by atoms with Crippen molar-refractivity contribution in [1.29, 1.82) is 0 Å². The molecule has 0 aliphatic carbocycles. The summed E-state index contributed by atoms with van der Waals surface area (Å²) >= 11 is 0. The summed E-state index contributed by atoms with van der Waals surface area (Å²) in [4.78, 5) is 34.1. The molecule has 0 unspecified atom stereocenters. The first-order valence-corrected chi connectivity index (χ1v) is 10.6. The van der Waals surface area contributed by atoms with Crippen LogP contribution in [-0.2, 0) is 18.9 Å². The Morgan fingerprint density at radius 3 is 2.30 bits per heavy atom. The summed E-state index contributed by atoms with van der Waals surface area (Å²) in [5, 5.41) is 0.363. The molecule has 33 heavy (non-hydrogen) atoms. The van der Waals surface area contributed by atoms with Crippen LogP contribution in [0.4, 0.5) is 0 Å². The SMILES string of the molecule is COCCOCCOCCOCCOc1ccc2c(c1)C(=O)c1nc3ncccc3c(=O)n1-2. The summed E-state index contributed by atoms with van der Waals surface area (Å²) in [6.07, 6.45) is 1.54. The van der Waals surface area contributed by atoms with Gasteiger partial charge in [0.25, 0.3) is 5.56 Å². The van der Waals surface area contributed by atoms with Crippen molar-refractivity contribution < 1.29 is 28.5 Å². The average molecular weight is 455 g/mol. The van der Waals surface area contributed by atoms with E-state index in [4.69, 9.17) is 23.7 Å².